The first-order valence-electron chi connectivity index (χ1n) is 8.95. The van der Waals surface area contributed by atoms with Crippen molar-refractivity contribution in [2.75, 3.05) is 37.7 Å². The van der Waals surface area contributed by atoms with Crippen LogP contribution < -0.4 is 15.1 Å². The van der Waals surface area contributed by atoms with Crippen molar-refractivity contribution in [1.82, 2.24) is 9.47 Å². The maximum absolute atomic E-state index is 15.0. The van der Waals surface area contributed by atoms with Crippen LogP contribution >= 0.6 is 0 Å². The highest BCUT2D eigenvalue weighted by Crippen LogP contribution is 2.41. The quantitative estimate of drug-likeness (QED) is 0.647. The molecule has 2 aromatic rings. The average Bonchev–Trinajstić information content (AvgIpc) is 2.66. The number of rotatable bonds is 2. The van der Waals surface area contributed by atoms with E-state index in [9.17, 15) is 9.18 Å². The van der Waals surface area contributed by atoms with Crippen LogP contribution in [0.4, 0.5) is 10.1 Å². The molecule has 3 heterocycles. The van der Waals surface area contributed by atoms with E-state index in [1.54, 1.807) is 6.20 Å². The molecule has 1 fully saturated rings. The van der Waals surface area contributed by atoms with Gasteiger partial charge in [0.15, 0.2) is 17.0 Å². The number of nitriles is 1. The van der Waals surface area contributed by atoms with Crippen molar-refractivity contribution >= 4 is 22.4 Å². The number of piperazine rings is 1. The molecule has 4 rings (SSSR count). The molecule has 0 aliphatic carbocycles. The fraction of sp³-hybridized carbons (Fsp3) is 0.421. The first kappa shape index (κ1) is 17.3. The Morgan fingerprint density at radius 2 is 2.15 bits per heavy atom. The van der Waals surface area contributed by atoms with Crippen LogP contribution in [0.5, 0.6) is 5.75 Å². The summed E-state index contributed by atoms with van der Waals surface area (Å²) in [5.41, 5.74) is 0.790. The molecule has 140 valence electrons. The second-order valence-corrected chi connectivity index (χ2v) is 6.94. The zero-order valence-corrected chi connectivity index (χ0v) is 15.0. The standard InChI is InChI=1S/C19H20FN5O2/c1-12-11-27-19-17-13(15(26)3-5-25(12)17)10-14(20)18(19)24-8-6-23(7-9-24)16(22)2-4-21/h3,5,10,12,22H,2,6-9,11H2,1H3. The lowest BCUT2D eigenvalue weighted by atomic mass is 10.1. The Kier molecular flexibility index (Phi) is 4.22. The molecule has 0 saturated carbocycles. The first-order valence-corrected chi connectivity index (χ1v) is 8.95. The number of anilines is 1. The maximum Gasteiger partial charge on any atom is 0.189 e. The number of hydrogen-bond donors (Lipinski definition) is 1. The monoisotopic (exact) mass is 369 g/mol. The van der Waals surface area contributed by atoms with E-state index in [1.807, 2.05) is 27.4 Å². The molecule has 1 saturated heterocycles. The van der Waals surface area contributed by atoms with Crippen molar-refractivity contribution in [3.63, 3.8) is 0 Å². The molecule has 8 heteroatoms. The van der Waals surface area contributed by atoms with Crippen molar-refractivity contribution in [1.29, 1.82) is 10.7 Å². The average molecular weight is 369 g/mol. The van der Waals surface area contributed by atoms with Crippen LogP contribution in [-0.4, -0.2) is 48.1 Å². The topological polar surface area (TPSA) is 85.3 Å². The molecule has 0 bridgehead atoms. The molecule has 2 aliphatic rings. The second-order valence-electron chi connectivity index (χ2n) is 6.94. The van der Waals surface area contributed by atoms with E-state index in [2.05, 4.69) is 0 Å². The molecule has 1 aromatic heterocycles. The molecule has 1 N–H and O–H groups in total. The van der Waals surface area contributed by atoms with E-state index in [0.717, 1.165) is 0 Å². The molecule has 2 aliphatic heterocycles. The van der Waals surface area contributed by atoms with Gasteiger partial charge in [-0.05, 0) is 13.0 Å². The van der Waals surface area contributed by atoms with Gasteiger partial charge in [0, 0.05) is 38.4 Å². The smallest absolute Gasteiger partial charge is 0.189 e. The first-order chi connectivity index (χ1) is 13.0. The van der Waals surface area contributed by atoms with Crippen LogP contribution in [0.3, 0.4) is 0 Å². The molecule has 1 atom stereocenters. The van der Waals surface area contributed by atoms with E-state index in [-0.39, 0.29) is 23.7 Å². The molecule has 7 nitrogen and oxygen atoms in total. The number of ether oxygens (including phenoxy) is 1. The Balaban J connectivity index is 1.74. The lowest BCUT2D eigenvalue weighted by Gasteiger charge is -2.38. The van der Waals surface area contributed by atoms with Gasteiger partial charge in [-0.15, -0.1) is 0 Å². The number of pyridine rings is 1. The maximum atomic E-state index is 15.0. The number of aromatic nitrogens is 1. The summed E-state index contributed by atoms with van der Waals surface area (Å²) in [6.07, 6.45) is 1.81. The largest absolute Gasteiger partial charge is 0.487 e. The predicted molar refractivity (Wildman–Crippen MR) is 100 cm³/mol. The summed E-state index contributed by atoms with van der Waals surface area (Å²) in [6, 6.07) is 4.81. The third kappa shape index (κ3) is 2.79. The summed E-state index contributed by atoms with van der Waals surface area (Å²) in [5.74, 6) is 0.236. The fourth-order valence-electron chi connectivity index (χ4n) is 3.83. The second kappa shape index (κ2) is 6.58. The van der Waals surface area contributed by atoms with Crippen LogP contribution in [0, 0.1) is 22.6 Å². The molecular formula is C19H20FN5O2. The Morgan fingerprint density at radius 3 is 2.85 bits per heavy atom. The highest BCUT2D eigenvalue weighted by atomic mass is 19.1. The minimum atomic E-state index is -0.470. The van der Waals surface area contributed by atoms with Crippen LogP contribution in [0.25, 0.3) is 10.9 Å². The van der Waals surface area contributed by atoms with E-state index in [4.69, 9.17) is 15.4 Å². The van der Waals surface area contributed by atoms with E-state index in [1.165, 1.54) is 12.1 Å². The van der Waals surface area contributed by atoms with Crippen molar-refractivity contribution < 1.29 is 9.13 Å². The van der Waals surface area contributed by atoms with Crippen LogP contribution in [0.15, 0.2) is 23.1 Å². The van der Waals surface area contributed by atoms with Crippen molar-refractivity contribution in [2.45, 2.75) is 19.4 Å². The van der Waals surface area contributed by atoms with Crippen molar-refractivity contribution in [3.05, 3.63) is 34.4 Å². The fourth-order valence-corrected chi connectivity index (χ4v) is 3.83. The summed E-state index contributed by atoms with van der Waals surface area (Å²) in [4.78, 5) is 16.0. The number of nitrogens with one attached hydrogen (secondary N) is 1. The van der Waals surface area contributed by atoms with Gasteiger partial charge in [0.25, 0.3) is 0 Å². The van der Waals surface area contributed by atoms with Gasteiger partial charge in [0.2, 0.25) is 0 Å². The molecule has 1 unspecified atom stereocenters. The Labute approximate surface area is 155 Å². The van der Waals surface area contributed by atoms with Gasteiger partial charge in [0.1, 0.15) is 18.1 Å². The zero-order chi connectivity index (χ0) is 19.1. The van der Waals surface area contributed by atoms with Gasteiger partial charge in [-0.1, -0.05) is 0 Å². The van der Waals surface area contributed by atoms with E-state index in [0.29, 0.717) is 55.1 Å². The van der Waals surface area contributed by atoms with Crippen molar-refractivity contribution in [2.24, 2.45) is 0 Å². The highest BCUT2D eigenvalue weighted by Gasteiger charge is 2.29. The van der Waals surface area contributed by atoms with Crippen LogP contribution in [0.1, 0.15) is 19.4 Å². The molecular weight excluding hydrogens is 349 g/mol. The molecule has 0 amide bonds. The number of halogens is 1. The lowest BCUT2D eigenvalue weighted by Crippen LogP contribution is -2.49. The Bertz CT molecular complexity index is 1020. The predicted octanol–water partition coefficient (Wildman–Crippen LogP) is 2.11. The molecule has 27 heavy (non-hydrogen) atoms. The molecule has 1 aromatic carbocycles. The van der Waals surface area contributed by atoms with Crippen LogP contribution in [-0.2, 0) is 0 Å². The normalized spacial score (nSPS) is 18.9. The number of amidine groups is 1. The lowest BCUT2D eigenvalue weighted by molar-refractivity contribution is 0.246. The zero-order valence-electron chi connectivity index (χ0n) is 15.0. The minimum Gasteiger partial charge on any atom is -0.487 e. The minimum absolute atomic E-state index is 0.0576. The third-order valence-electron chi connectivity index (χ3n) is 5.26. The van der Waals surface area contributed by atoms with E-state index < -0.39 is 5.82 Å². The number of nitrogens with zero attached hydrogens (tertiary/aromatic N) is 4. The Morgan fingerprint density at radius 1 is 1.41 bits per heavy atom. The van der Waals surface area contributed by atoms with Crippen LogP contribution in [0.2, 0.25) is 0 Å². The molecule has 0 radical (unpaired) electrons. The Hall–Kier alpha value is -3.08. The number of hydrogen-bond acceptors (Lipinski definition) is 5. The van der Waals surface area contributed by atoms with Gasteiger partial charge in [0.05, 0.1) is 29.4 Å². The number of benzene rings is 1. The van der Waals surface area contributed by atoms with Gasteiger partial charge >= 0.3 is 0 Å². The van der Waals surface area contributed by atoms with Gasteiger partial charge in [-0.25, -0.2) is 4.39 Å². The van der Waals surface area contributed by atoms with Gasteiger partial charge in [-0.3, -0.25) is 10.2 Å². The molecule has 0 spiro atoms. The van der Waals surface area contributed by atoms with Gasteiger partial charge < -0.3 is 19.1 Å². The van der Waals surface area contributed by atoms with Gasteiger partial charge in [-0.2, -0.15) is 5.26 Å². The SMILES string of the molecule is CC1COc2c(N3CCN(C(=N)CC#N)CC3)c(F)cc3c(=O)ccn1c23. The third-order valence-corrected chi connectivity index (χ3v) is 5.26. The summed E-state index contributed by atoms with van der Waals surface area (Å²) in [6.45, 7) is 4.51. The van der Waals surface area contributed by atoms with E-state index >= 15 is 0 Å². The summed E-state index contributed by atoms with van der Waals surface area (Å²) in [5, 5.41) is 17.0. The highest BCUT2D eigenvalue weighted by molar-refractivity contribution is 5.92. The summed E-state index contributed by atoms with van der Waals surface area (Å²) < 4.78 is 22.9. The summed E-state index contributed by atoms with van der Waals surface area (Å²) in [7, 11) is 0. The summed E-state index contributed by atoms with van der Waals surface area (Å²) >= 11 is 0. The van der Waals surface area contributed by atoms with Crippen molar-refractivity contribution in [3.8, 4) is 11.8 Å².